The van der Waals surface area contributed by atoms with Crippen molar-refractivity contribution in [3.8, 4) is 0 Å². The van der Waals surface area contributed by atoms with Crippen LogP contribution in [0.15, 0.2) is 59.4 Å². The molecule has 0 aliphatic carbocycles. The van der Waals surface area contributed by atoms with Crippen LogP contribution in [0.3, 0.4) is 0 Å². The third-order valence-electron chi connectivity index (χ3n) is 2.79. The van der Waals surface area contributed by atoms with E-state index >= 15 is 0 Å². The molecule has 5 heteroatoms. The number of rotatable bonds is 2. The zero-order chi connectivity index (χ0) is 13.9. The molecule has 4 nitrogen and oxygen atoms in total. The molecule has 0 saturated heterocycles. The van der Waals surface area contributed by atoms with Crippen LogP contribution in [0.5, 0.6) is 0 Å². The Morgan fingerprint density at radius 2 is 1.90 bits per heavy atom. The van der Waals surface area contributed by atoms with Crippen molar-refractivity contribution in [3.05, 3.63) is 70.6 Å². The lowest BCUT2D eigenvalue weighted by Gasteiger charge is -1.99. The molecule has 1 aromatic heterocycles. The summed E-state index contributed by atoms with van der Waals surface area (Å²) in [4.78, 5) is 20.3. The number of nitrogens with zero attached hydrogens (tertiary/aromatic N) is 2. The van der Waals surface area contributed by atoms with Gasteiger partial charge in [0, 0.05) is 16.8 Å². The minimum atomic E-state index is -0.236. The average molecular weight is 284 g/mol. The third kappa shape index (κ3) is 2.60. The highest BCUT2D eigenvalue weighted by Crippen LogP contribution is 2.15. The van der Waals surface area contributed by atoms with Gasteiger partial charge in [-0.2, -0.15) is 0 Å². The monoisotopic (exact) mass is 283 g/mol. The molecule has 2 heterocycles. The molecule has 1 amide bonds. The van der Waals surface area contributed by atoms with Gasteiger partial charge in [-0.1, -0.05) is 17.7 Å². The Kier molecular flexibility index (Phi) is 3.31. The molecule has 0 bridgehead atoms. The lowest BCUT2D eigenvalue weighted by molar-refractivity contribution is -0.115. The summed E-state index contributed by atoms with van der Waals surface area (Å²) in [5.41, 5.74) is 1.85. The van der Waals surface area contributed by atoms with E-state index < -0.39 is 0 Å². The number of carbonyl (C=O) groups is 1. The highest BCUT2D eigenvalue weighted by Gasteiger charge is 2.21. The first-order valence-corrected chi connectivity index (χ1v) is 6.39. The van der Waals surface area contributed by atoms with Crippen molar-refractivity contribution in [1.29, 1.82) is 0 Å². The maximum absolute atomic E-state index is 11.9. The molecule has 0 fully saturated rings. The van der Waals surface area contributed by atoms with E-state index in [1.54, 1.807) is 24.4 Å². The Morgan fingerprint density at radius 3 is 2.60 bits per heavy atom. The number of pyridine rings is 1. The van der Waals surface area contributed by atoms with Crippen LogP contribution < -0.4 is 5.32 Å². The molecule has 0 unspecified atom stereocenters. The topological polar surface area (TPSA) is 54.4 Å². The van der Waals surface area contributed by atoms with Crippen molar-refractivity contribution in [2.45, 2.75) is 0 Å². The van der Waals surface area contributed by atoms with Gasteiger partial charge in [0.05, 0.1) is 5.69 Å². The standard InChI is InChI=1S/C15H10ClN3O/c16-11-6-4-10(5-7-11)14-18-13(15(20)19-14)9-12-3-1-2-8-17-12/h1-9H,(H,18,19,20)/b13-9+. The first kappa shape index (κ1) is 12.6. The van der Waals surface area contributed by atoms with Crippen molar-refractivity contribution < 1.29 is 4.79 Å². The smallest absolute Gasteiger partial charge is 0.275 e. The van der Waals surface area contributed by atoms with Crippen LogP contribution >= 0.6 is 11.6 Å². The van der Waals surface area contributed by atoms with Crippen LogP contribution in [0.2, 0.25) is 5.02 Å². The Hall–Kier alpha value is -2.46. The van der Waals surface area contributed by atoms with Crippen LogP contribution in [-0.2, 0) is 4.79 Å². The summed E-state index contributed by atoms with van der Waals surface area (Å²) in [7, 11) is 0. The summed E-state index contributed by atoms with van der Waals surface area (Å²) >= 11 is 5.84. The van der Waals surface area contributed by atoms with E-state index in [1.807, 2.05) is 30.3 Å². The summed E-state index contributed by atoms with van der Waals surface area (Å²) in [6, 6.07) is 12.6. The van der Waals surface area contributed by atoms with Crippen LogP contribution in [0.25, 0.3) is 6.08 Å². The van der Waals surface area contributed by atoms with E-state index in [9.17, 15) is 4.79 Å². The first-order chi connectivity index (χ1) is 9.72. The maximum Gasteiger partial charge on any atom is 0.275 e. The largest absolute Gasteiger partial charge is 0.305 e. The molecule has 0 radical (unpaired) electrons. The molecule has 20 heavy (non-hydrogen) atoms. The molecule has 1 aromatic carbocycles. The molecule has 0 atom stereocenters. The van der Waals surface area contributed by atoms with Gasteiger partial charge in [-0.15, -0.1) is 0 Å². The molecule has 3 rings (SSSR count). The van der Waals surface area contributed by atoms with E-state index in [4.69, 9.17) is 11.6 Å². The quantitative estimate of drug-likeness (QED) is 0.862. The predicted molar refractivity (Wildman–Crippen MR) is 78.3 cm³/mol. The number of hydrogen-bond donors (Lipinski definition) is 1. The van der Waals surface area contributed by atoms with Gasteiger partial charge in [-0.3, -0.25) is 9.78 Å². The number of nitrogens with one attached hydrogen (secondary N) is 1. The lowest BCUT2D eigenvalue weighted by atomic mass is 10.2. The first-order valence-electron chi connectivity index (χ1n) is 6.01. The van der Waals surface area contributed by atoms with Gasteiger partial charge >= 0.3 is 0 Å². The van der Waals surface area contributed by atoms with Gasteiger partial charge in [0.25, 0.3) is 5.91 Å². The molecule has 1 N–H and O–H groups in total. The summed E-state index contributed by atoms with van der Waals surface area (Å²) in [5, 5.41) is 3.37. The normalized spacial score (nSPS) is 16.1. The second-order valence-corrected chi connectivity index (χ2v) is 4.64. The highest BCUT2D eigenvalue weighted by molar-refractivity contribution is 6.30. The Labute approximate surface area is 120 Å². The number of aromatic nitrogens is 1. The fourth-order valence-electron chi connectivity index (χ4n) is 1.81. The fourth-order valence-corrected chi connectivity index (χ4v) is 1.94. The summed E-state index contributed by atoms with van der Waals surface area (Å²) < 4.78 is 0. The van der Waals surface area contributed by atoms with E-state index in [2.05, 4.69) is 15.3 Å². The Bertz CT molecular complexity index is 706. The van der Waals surface area contributed by atoms with Gasteiger partial charge in [0.1, 0.15) is 11.5 Å². The van der Waals surface area contributed by atoms with Crippen LogP contribution in [-0.4, -0.2) is 16.7 Å². The molecule has 98 valence electrons. The van der Waals surface area contributed by atoms with E-state index in [0.717, 1.165) is 5.56 Å². The van der Waals surface area contributed by atoms with Crippen molar-refractivity contribution in [2.75, 3.05) is 0 Å². The number of carbonyl (C=O) groups excluding carboxylic acids is 1. The second kappa shape index (κ2) is 5.27. The average Bonchev–Trinajstić information content (AvgIpc) is 2.82. The fraction of sp³-hybridized carbons (Fsp3) is 0. The SMILES string of the molecule is O=C1NC(c2ccc(Cl)cc2)=N/C1=C/c1ccccn1. The number of benzene rings is 1. The van der Waals surface area contributed by atoms with Gasteiger partial charge in [0.2, 0.25) is 0 Å². The van der Waals surface area contributed by atoms with Crippen molar-refractivity contribution in [2.24, 2.45) is 4.99 Å². The Morgan fingerprint density at radius 1 is 1.10 bits per heavy atom. The number of amidine groups is 1. The molecule has 1 aliphatic heterocycles. The molecular weight excluding hydrogens is 274 g/mol. The minimum Gasteiger partial charge on any atom is -0.305 e. The number of amides is 1. The summed E-state index contributed by atoms with van der Waals surface area (Å²) in [5.74, 6) is 0.287. The predicted octanol–water partition coefficient (Wildman–Crippen LogP) is 2.65. The van der Waals surface area contributed by atoms with Crippen LogP contribution in [0.1, 0.15) is 11.3 Å². The molecule has 2 aromatic rings. The zero-order valence-corrected chi connectivity index (χ0v) is 11.1. The van der Waals surface area contributed by atoms with Crippen LogP contribution in [0, 0.1) is 0 Å². The minimum absolute atomic E-state index is 0.236. The van der Waals surface area contributed by atoms with Crippen LogP contribution in [0.4, 0.5) is 0 Å². The van der Waals surface area contributed by atoms with Gasteiger partial charge in [-0.25, -0.2) is 4.99 Å². The van der Waals surface area contributed by atoms with Crippen molar-refractivity contribution in [1.82, 2.24) is 10.3 Å². The summed E-state index contributed by atoms with van der Waals surface area (Å²) in [6.45, 7) is 0. The molecule has 0 saturated carbocycles. The maximum atomic E-state index is 11.9. The van der Waals surface area contributed by atoms with Crippen molar-refractivity contribution >= 4 is 29.4 Å². The van der Waals surface area contributed by atoms with E-state index in [1.165, 1.54) is 0 Å². The lowest BCUT2D eigenvalue weighted by Crippen LogP contribution is -2.24. The van der Waals surface area contributed by atoms with Gasteiger partial charge in [-0.05, 0) is 42.5 Å². The van der Waals surface area contributed by atoms with Gasteiger partial charge < -0.3 is 5.32 Å². The number of hydrogen-bond acceptors (Lipinski definition) is 3. The highest BCUT2D eigenvalue weighted by atomic mass is 35.5. The molecule has 0 spiro atoms. The number of halogens is 1. The van der Waals surface area contributed by atoms with Crippen molar-refractivity contribution in [3.63, 3.8) is 0 Å². The second-order valence-electron chi connectivity index (χ2n) is 4.21. The molecular formula is C15H10ClN3O. The number of aliphatic imine (C=N–C) groups is 1. The zero-order valence-electron chi connectivity index (χ0n) is 10.4. The third-order valence-corrected chi connectivity index (χ3v) is 3.04. The van der Waals surface area contributed by atoms with E-state index in [0.29, 0.717) is 22.2 Å². The van der Waals surface area contributed by atoms with Gasteiger partial charge in [0.15, 0.2) is 0 Å². The molecule has 1 aliphatic rings. The van der Waals surface area contributed by atoms with E-state index in [-0.39, 0.29) is 5.91 Å². The summed E-state index contributed by atoms with van der Waals surface area (Å²) in [6.07, 6.45) is 3.32. The Balaban J connectivity index is 1.93.